The maximum atomic E-state index is 12.5. The van der Waals surface area contributed by atoms with E-state index in [9.17, 15) is 9.59 Å². The van der Waals surface area contributed by atoms with E-state index in [4.69, 9.17) is 4.74 Å². The minimum atomic E-state index is -0.460. The molecule has 3 aromatic rings. The zero-order valence-electron chi connectivity index (χ0n) is 17.9. The van der Waals surface area contributed by atoms with E-state index in [0.717, 1.165) is 33.8 Å². The van der Waals surface area contributed by atoms with Crippen LogP contribution in [0.5, 0.6) is 0 Å². The van der Waals surface area contributed by atoms with E-state index in [0.29, 0.717) is 12.1 Å². The maximum Gasteiger partial charge on any atom is 0.325 e. The number of hydrogen-bond acceptors (Lipinski definition) is 5. The van der Waals surface area contributed by atoms with E-state index in [1.807, 2.05) is 42.5 Å². The zero-order chi connectivity index (χ0) is 22.3. The molecule has 162 valence electrons. The van der Waals surface area contributed by atoms with Gasteiger partial charge < -0.3 is 20.7 Å². The Morgan fingerprint density at radius 1 is 0.938 bits per heavy atom. The normalized spacial score (nSPS) is 13.5. The molecule has 0 fully saturated rings. The monoisotopic (exact) mass is 427 g/mol. The van der Waals surface area contributed by atoms with Crippen molar-refractivity contribution in [3.8, 4) is 0 Å². The molecule has 3 N–H and O–H groups in total. The third-order valence-corrected chi connectivity index (χ3v) is 5.16. The van der Waals surface area contributed by atoms with Gasteiger partial charge in [-0.2, -0.15) is 0 Å². The van der Waals surface area contributed by atoms with Crippen LogP contribution in [0.15, 0.2) is 78.9 Å². The number of esters is 1. The summed E-state index contributed by atoms with van der Waals surface area (Å²) in [6.45, 7) is 2.55. The largest absolute Gasteiger partial charge is 0.465 e. The molecule has 1 heterocycles. The van der Waals surface area contributed by atoms with Crippen molar-refractivity contribution in [1.82, 2.24) is 5.32 Å². The Morgan fingerprint density at radius 2 is 1.69 bits per heavy atom. The van der Waals surface area contributed by atoms with Gasteiger partial charge in [-0.15, -0.1) is 0 Å². The molecule has 0 atom stereocenters. The number of anilines is 2. The molecule has 3 aromatic carbocycles. The molecule has 1 aliphatic heterocycles. The number of amides is 1. The summed E-state index contributed by atoms with van der Waals surface area (Å²) in [7, 11) is 0. The Labute approximate surface area is 187 Å². The van der Waals surface area contributed by atoms with Crippen molar-refractivity contribution in [1.29, 1.82) is 0 Å². The summed E-state index contributed by atoms with van der Waals surface area (Å²) in [5.74, 6) is -0.790. The van der Waals surface area contributed by atoms with Gasteiger partial charge in [0.2, 0.25) is 0 Å². The average Bonchev–Trinajstić information content (AvgIpc) is 3.26. The number of ether oxygens (including phenoxy) is 1. The molecule has 0 radical (unpaired) electrons. The first-order chi connectivity index (χ1) is 15.7. The van der Waals surface area contributed by atoms with Crippen LogP contribution >= 0.6 is 0 Å². The maximum absolute atomic E-state index is 12.5. The molecule has 32 heavy (non-hydrogen) atoms. The first-order valence-electron chi connectivity index (χ1n) is 10.6. The highest BCUT2D eigenvalue weighted by atomic mass is 16.5. The van der Waals surface area contributed by atoms with Crippen molar-refractivity contribution in [3.05, 3.63) is 95.6 Å². The molecule has 1 aliphatic rings. The molecule has 0 unspecified atom stereocenters. The van der Waals surface area contributed by atoms with Crippen LogP contribution in [-0.2, 0) is 9.53 Å². The van der Waals surface area contributed by atoms with Crippen molar-refractivity contribution in [2.45, 2.75) is 6.92 Å². The first kappa shape index (κ1) is 21.2. The number of hydrogen-bond donors (Lipinski definition) is 3. The van der Waals surface area contributed by atoms with E-state index in [1.54, 1.807) is 19.1 Å². The zero-order valence-corrected chi connectivity index (χ0v) is 17.9. The Morgan fingerprint density at radius 3 is 2.50 bits per heavy atom. The number of carbonyl (C=O) groups excluding carboxylic acids is 2. The second-order valence-corrected chi connectivity index (χ2v) is 7.31. The molecule has 0 bridgehead atoms. The number of rotatable bonds is 7. The van der Waals surface area contributed by atoms with Gasteiger partial charge in [0.1, 0.15) is 6.54 Å². The summed E-state index contributed by atoms with van der Waals surface area (Å²) in [6, 6.07) is 25.6. The average molecular weight is 428 g/mol. The SMILES string of the molecule is CCOC(=O)CNC(=O)c1cccc(N/C(=C2\CNc3ccccc32)c2ccccc2)c1. The molecule has 4 rings (SSSR count). The minimum Gasteiger partial charge on any atom is -0.465 e. The van der Waals surface area contributed by atoms with Crippen LogP contribution in [-0.4, -0.2) is 31.6 Å². The molecular formula is C26H25N3O3. The fourth-order valence-corrected chi connectivity index (χ4v) is 3.68. The number of nitrogens with one attached hydrogen (secondary N) is 3. The number of fused-ring (bicyclic) bond motifs is 1. The van der Waals surface area contributed by atoms with E-state index in [1.165, 1.54) is 0 Å². The molecule has 6 heteroatoms. The lowest BCUT2D eigenvalue weighted by Crippen LogP contribution is -2.30. The summed E-state index contributed by atoms with van der Waals surface area (Å²) in [5.41, 5.74) is 6.69. The topological polar surface area (TPSA) is 79.5 Å². The van der Waals surface area contributed by atoms with Crippen molar-refractivity contribution in [3.63, 3.8) is 0 Å². The predicted molar refractivity (Wildman–Crippen MR) is 127 cm³/mol. The van der Waals surface area contributed by atoms with Crippen molar-refractivity contribution < 1.29 is 14.3 Å². The molecule has 0 spiro atoms. The van der Waals surface area contributed by atoms with Gasteiger partial charge in [-0.25, -0.2) is 0 Å². The van der Waals surface area contributed by atoms with Crippen molar-refractivity contribution in [2.24, 2.45) is 0 Å². The number of benzene rings is 3. The molecular weight excluding hydrogens is 402 g/mol. The highest BCUT2D eigenvalue weighted by Gasteiger charge is 2.20. The Bertz CT molecular complexity index is 1160. The van der Waals surface area contributed by atoms with Crippen LogP contribution in [0.3, 0.4) is 0 Å². The van der Waals surface area contributed by atoms with Gasteiger partial charge in [0, 0.05) is 34.6 Å². The molecule has 0 aliphatic carbocycles. The standard InChI is InChI=1S/C26H25N3O3/c1-2-32-24(30)17-28-26(31)19-11-8-12-20(15-19)29-25(18-9-4-3-5-10-18)22-16-27-23-14-7-6-13-21(22)23/h3-15,27,29H,2,16-17H2,1H3,(H,28,31)/b25-22+. The molecule has 0 saturated carbocycles. The summed E-state index contributed by atoms with van der Waals surface area (Å²) < 4.78 is 4.86. The fraction of sp³-hybridized carbons (Fsp3) is 0.154. The van der Waals surface area contributed by atoms with Gasteiger partial charge in [-0.3, -0.25) is 9.59 Å². The second kappa shape index (κ2) is 9.83. The van der Waals surface area contributed by atoms with Gasteiger partial charge in [0.25, 0.3) is 5.91 Å². The molecule has 1 amide bonds. The Kier molecular flexibility index (Phi) is 6.51. The third kappa shape index (κ3) is 4.81. The van der Waals surface area contributed by atoms with Crippen LogP contribution in [0, 0.1) is 0 Å². The van der Waals surface area contributed by atoms with Gasteiger partial charge >= 0.3 is 5.97 Å². The van der Waals surface area contributed by atoms with Crippen molar-refractivity contribution >= 4 is 34.5 Å². The third-order valence-electron chi connectivity index (χ3n) is 5.16. The molecule has 0 saturated heterocycles. The predicted octanol–water partition coefficient (Wildman–Crippen LogP) is 4.39. The van der Waals surface area contributed by atoms with E-state index < -0.39 is 5.97 Å². The van der Waals surface area contributed by atoms with Crippen LogP contribution < -0.4 is 16.0 Å². The summed E-state index contributed by atoms with van der Waals surface area (Å²) in [4.78, 5) is 24.0. The lowest BCUT2D eigenvalue weighted by atomic mass is 10.0. The van der Waals surface area contributed by atoms with Crippen LogP contribution in [0.1, 0.15) is 28.4 Å². The Balaban J connectivity index is 1.62. The highest BCUT2D eigenvalue weighted by molar-refractivity contribution is 6.03. The fourth-order valence-electron chi connectivity index (χ4n) is 3.68. The summed E-state index contributed by atoms with van der Waals surface area (Å²) in [6.07, 6.45) is 0. The minimum absolute atomic E-state index is 0.161. The van der Waals surface area contributed by atoms with Gasteiger partial charge in [0.15, 0.2) is 0 Å². The van der Waals surface area contributed by atoms with Gasteiger partial charge in [0.05, 0.1) is 12.3 Å². The highest BCUT2D eigenvalue weighted by Crippen LogP contribution is 2.36. The van der Waals surface area contributed by atoms with Crippen molar-refractivity contribution in [2.75, 3.05) is 30.3 Å². The van der Waals surface area contributed by atoms with Crippen LogP contribution in [0.2, 0.25) is 0 Å². The first-order valence-corrected chi connectivity index (χ1v) is 10.6. The van der Waals surface area contributed by atoms with E-state index >= 15 is 0 Å². The number of para-hydroxylation sites is 1. The smallest absolute Gasteiger partial charge is 0.325 e. The quantitative estimate of drug-likeness (QED) is 0.488. The summed E-state index contributed by atoms with van der Waals surface area (Å²) in [5, 5.41) is 9.57. The van der Waals surface area contributed by atoms with Crippen LogP contribution in [0.4, 0.5) is 11.4 Å². The Hall–Kier alpha value is -4.06. The number of carbonyl (C=O) groups is 2. The summed E-state index contributed by atoms with van der Waals surface area (Å²) >= 11 is 0. The lowest BCUT2D eigenvalue weighted by Gasteiger charge is -2.16. The second-order valence-electron chi connectivity index (χ2n) is 7.31. The molecule has 6 nitrogen and oxygen atoms in total. The lowest BCUT2D eigenvalue weighted by molar-refractivity contribution is -0.141. The van der Waals surface area contributed by atoms with Gasteiger partial charge in [-0.1, -0.05) is 54.6 Å². The molecule has 0 aromatic heterocycles. The van der Waals surface area contributed by atoms with Crippen LogP contribution in [0.25, 0.3) is 11.3 Å². The van der Waals surface area contributed by atoms with E-state index in [2.05, 4.69) is 40.2 Å². The van der Waals surface area contributed by atoms with E-state index in [-0.39, 0.29) is 19.1 Å². The van der Waals surface area contributed by atoms with Gasteiger partial charge in [-0.05, 0) is 36.8 Å².